The third kappa shape index (κ3) is 4.39. The number of rotatable bonds is 6. The maximum absolute atomic E-state index is 12.3. The summed E-state index contributed by atoms with van der Waals surface area (Å²) < 4.78 is 47.7. The van der Waals surface area contributed by atoms with E-state index in [1.807, 2.05) is 0 Å². The van der Waals surface area contributed by atoms with Gasteiger partial charge in [0.2, 0.25) is 0 Å². The van der Waals surface area contributed by atoms with Crippen molar-refractivity contribution < 1.29 is 27.1 Å². The number of sulfonamides is 1. The first kappa shape index (κ1) is 16.3. The zero-order chi connectivity index (χ0) is 15.3. The van der Waals surface area contributed by atoms with Gasteiger partial charge in [0, 0.05) is 19.7 Å². The maximum atomic E-state index is 12.3. The van der Waals surface area contributed by atoms with Crippen LogP contribution in [0.3, 0.4) is 0 Å². The number of carbonyl (C=O) groups is 1. The molecule has 0 aromatic heterocycles. The van der Waals surface area contributed by atoms with Gasteiger partial charge >= 0.3 is 11.7 Å². The van der Waals surface area contributed by atoms with E-state index in [4.69, 9.17) is 5.11 Å². The van der Waals surface area contributed by atoms with Crippen LogP contribution in [0.2, 0.25) is 0 Å². The molecule has 0 bridgehead atoms. The largest absolute Gasteiger partial charge is 0.478 e. The van der Waals surface area contributed by atoms with Crippen molar-refractivity contribution in [3.8, 4) is 0 Å². The minimum Gasteiger partial charge on any atom is -0.478 e. The highest BCUT2D eigenvalue weighted by Gasteiger charge is 2.29. The number of benzene rings is 1. The smallest absolute Gasteiger partial charge is 0.350 e. The zero-order valence-corrected chi connectivity index (χ0v) is 11.3. The monoisotopic (exact) mass is 305 g/mol. The van der Waals surface area contributed by atoms with Crippen molar-refractivity contribution in [1.29, 1.82) is 0 Å². The molecule has 0 saturated carbocycles. The topological polar surface area (TPSA) is 74.7 Å². The van der Waals surface area contributed by atoms with Crippen LogP contribution in [-0.2, 0) is 21.4 Å². The van der Waals surface area contributed by atoms with Crippen LogP contribution < -0.4 is 0 Å². The number of aliphatic carboxylic acids is 1. The van der Waals surface area contributed by atoms with E-state index in [-0.39, 0.29) is 6.54 Å². The fraction of sp³-hybridized carbons (Fsp3) is 0.250. The molecule has 0 unspecified atom stereocenters. The van der Waals surface area contributed by atoms with Crippen LogP contribution in [0.5, 0.6) is 0 Å². The van der Waals surface area contributed by atoms with E-state index < -0.39 is 21.8 Å². The van der Waals surface area contributed by atoms with Crippen molar-refractivity contribution in [2.75, 3.05) is 7.05 Å². The summed E-state index contributed by atoms with van der Waals surface area (Å²) in [6.07, 6.45) is 2.26. The summed E-state index contributed by atoms with van der Waals surface area (Å²) in [5.74, 6) is -4.59. The molecule has 5 nitrogen and oxygen atoms in total. The number of hydrogen-bond donors (Lipinski definition) is 1. The van der Waals surface area contributed by atoms with Crippen LogP contribution in [-0.4, -0.2) is 36.6 Å². The molecule has 0 heterocycles. The number of halogens is 2. The molecule has 0 amide bonds. The Morgan fingerprint density at radius 2 is 2.10 bits per heavy atom. The van der Waals surface area contributed by atoms with Gasteiger partial charge in [-0.05, 0) is 17.2 Å². The van der Waals surface area contributed by atoms with Crippen molar-refractivity contribution in [2.24, 2.45) is 0 Å². The molecular weight excluding hydrogens is 292 g/mol. The Bertz CT molecular complexity index is 614. The highest BCUT2D eigenvalue weighted by Crippen LogP contribution is 2.15. The second-order valence-corrected chi connectivity index (χ2v) is 5.99. The first-order chi connectivity index (χ1) is 9.23. The van der Waals surface area contributed by atoms with Crippen molar-refractivity contribution >= 4 is 22.1 Å². The summed E-state index contributed by atoms with van der Waals surface area (Å²) in [5.41, 5.74) is 1.01. The van der Waals surface area contributed by atoms with Gasteiger partial charge in [0.1, 0.15) is 0 Å². The predicted molar refractivity (Wildman–Crippen MR) is 69.5 cm³/mol. The summed E-state index contributed by atoms with van der Waals surface area (Å²) in [4.78, 5) is 10.4. The van der Waals surface area contributed by atoms with Gasteiger partial charge in [-0.25, -0.2) is 13.2 Å². The molecular formula is C12H13F2NO4S. The van der Waals surface area contributed by atoms with E-state index in [0.29, 0.717) is 15.4 Å². The van der Waals surface area contributed by atoms with Crippen LogP contribution in [0, 0.1) is 0 Å². The molecule has 8 heteroatoms. The lowest BCUT2D eigenvalue weighted by Gasteiger charge is -2.16. The van der Waals surface area contributed by atoms with E-state index in [1.165, 1.54) is 12.1 Å². The van der Waals surface area contributed by atoms with Crippen molar-refractivity contribution in [1.82, 2.24) is 4.31 Å². The van der Waals surface area contributed by atoms with Crippen LogP contribution in [0.1, 0.15) is 11.1 Å². The van der Waals surface area contributed by atoms with Crippen molar-refractivity contribution in [2.45, 2.75) is 12.3 Å². The first-order valence-corrected chi connectivity index (χ1v) is 6.97. The molecule has 0 aliphatic rings. The average Bonchev–Trinajstić information content (AvgIpc) is 2.36. The lowest BCUT2D eigenvalue weighted by molar-refractivity contribution is -0.131. The Kier molecular flexibility index (Phi) is 5.34. The lowest BCUT2D eigenvalue weighted by atomic mass is 10.1. The lowest BCUT2D eigenvalue weighted by Crippen LogP contribution is -2.31. The molecule has 0 aliphatic carbocycles. The molecule has 1 N–H and O–H groups in total. The normalized spacial score (nSPS) is 12.4. The fourth-order valence-electron chi connectivity index (χ4n) is 1.45. The van der Waals surface area contributed by atoms with Gasteiger partial charge in [-0.1, -0.05) is 24.3 Å². The van der Waals surface area contributed by atoms with Gasteiger partial charge in [-0.2, -0.15) is 13.1 Å². The molecule has 0 spiro atoms. The zero-order valence-electron chi connectivity index (χ0n) is 10.5. The van der Waals surface area contributed by atoms with Crippen LogP contribution in [0.15, 0.2) is 30.3 Å². The molecule has 1 aromatic carbocycles. The van der Waals surface area contributed by atoms with Gasteiger partial charge in [0.15, 0.2) is 0 Å². The SMILES string of the molecule is CN(Cc1cccc(C=CC(=O)O)c1)S(=O)(=O)C(F)F. The summed E-state index contributed by atoms with van der Waals surface area (Å²) in [6, 6.07) is 6.29. The molecule has 0 saturated heterocycles. The Labute approximate surface area is 115 Å². The van der Waals surface area contributed by atoms with E-state index in [1.54, 1.807) is 18.2 Å². The van der Waals surface area contributed by atoms with E-state index in [9.17, 15) is 22.0 Å². The Balaban J connectivity index is 2.89. The Morgan fingerprint density at radius 3 is 2.65 bits per heavy atom. The first-order valence-electron chi connectivity index (χ1n) is 5.46. The molecule has 20 heavy (non-hydrogen) atoms. The predicted octanol–water partition coefficient (Wildman–Crippen LogP) is 1.77. The van der Waals surface area contributed by atoms with Crippen LogP contribution in [0.25, 0.3) is 6.08 Å². The summed E-state index contributed by atoms with van der Waals surface area (Å²) >= 11 is 0. The minimum atomic E-state index is -4.63. The number of alkyl halides is 2. The number of hydrogen-bond acceptors (Lipinski definition) is 3. The van der Waals surface area contributed by atoms with E-state index >= 15 is 0 Å². The fourth-order valence-corrected chi connectivity index (χ4v) is 2.05. The Hall–Kier alpha value is -1.80. The molecule has 0 atom stereocenters. The maximum Gasteiger partial charge on any atom is 0.350 e. The number of carboxylic acid groups (broad SMARTS) is 1. The molecule has 110 valence electrons. The number of nitrogens with zero attached hydrogens (tertiary/aromatic N) is 1. The third-order valence-electron chi connectivity index (χ3n) is 2.43. The number of carboxylic acids is 1. The third-order valence-corrected chi connectivity index (χ3v) is 3.88. The highest BCUT2D eigenvalue weighted by molar-refractivity contribution is 7.89. The van der Waals surface area contributed by atoms with Gasteiger partial charge in [0.05, 0.1) is 0 Å². The molecule has 0 aliphatic heterocycles. The van der Waals surface area contributed by atoms with Gasteiger partial charge in [-0.3, -0.25) is 0 Å². The van der Waals surface area contributed by atoms with Crippen LogP contribution >= 0.6 is 0 Å². The van der Waals surface area contributed by atoms with E-state index in [2.05, 4.69) is 0 Å². The van der Waals surface area contributed by atoms with Gasteiger partial charge < -0.3 is 5.11 Å². The van der Waals surface area contributed by atoms with Gasteiger partial charge in [-0.15, -0.1) is 0 Å². The highest BCUT2D eigenvalue weighted by atomic mass is 32.2. The molecule has 1 aromatic rings. The van der Waals surface area contributed by atoms with E-state index in [0.717, 1.165) is 13.1 Å². The second-order valence-electron chi connectivity index (χ2n) is 3.98. The van der Waals surface area contributed by atoms with Crippen LogP contribution in [0.4, 0.5) is 8.78 Å². The average molecular weight is 305 g/mol. The van der Waals surface area contributed by atoms with Crippen molar-refractivity contribution in [3.63, 3.8) is 0 Å². The Morgan fingerprint density at radius 1 is 1.45 bits per heavy atom. The quantitative estimate of drug-likeness (QED) is 0.813. The second kappa shape index (κ2) is 6.58. The molecule has 0 fully saturated rings. The summed E-state index contributed by atoms with van der Waals surface area (Å²) in [6.45, 7) is -0.221. The standard InChI is InChI=1S/C12H13F2NO4S/c1-15(20(18,19)12(13)14)8-10-4-2-3-9(7-10)5-6-11(16)17/h2-7,12H,8H2,1H3,(H,16,17). The molecule has 0 radical (unpaired) electrons. The minimum absolute atomic E-state index is 0.221. The van der Waals surface area contributed by atoms with Crippen molar-refractivity contribution in [3.05, 3.63) is 41.5 Å². The summed E-state index contributed by atoms with van der Waals surface area (Å²) in [7, 11) is -3.57. The van der Waals surface area contributed by atoms with Gasteiger partial charge in [0.25, 0.3) is 10.0 Å². The molecule has 1 rings (SSSR count). The summed E-state index contributed by atoms with van der Waals surface area (Å²) in [5, 5.41) is 8.50.